The van der Waals surface area contributed by atoms with Crippen molar-refractivity contribution in [2.24, 2.45) is 0 Å². The number of benzene rings is 2. The average Bonchev–Trinajstić information content (AvgIpc) is 2.60. The predicted octanol–water partition coefficient (Wildman–Crippen LogP) is 4.20. The minimum Gasteiger partial charge on any atom is -0.496 e. The van der Waals surface area contributed by atoms with Gasteiger partial charge in [-0.2, -0.15) is 0 Å². The number of carbonyl (C=O) groups is 1. The Morgan fingerprint density at radius 3 is 2.40 bits per heavy atom. The summed E-state index contributed by atoms with van der Waals surface area (Å²) in [5, 5.41) is 8.85. The highest BCUT2D eigenvalue weighted by Crippen LogP contribution is 2.23. The van der Waals surface area contributed by atoms with E-state index in [2.05, 4.69) is 43.0 Å². The van der Waals surface area contributed by atoms with Crippen molar-refractivity contribution in [3.8, 4) is 5.75 Å². The highest BCUT2D eigenvalue weighted by Gasteiger charge is 2.12. The molecular formula is C21H25NO3. The van der Waals surface area contributed by atoms with Crippen molar-refractivity contribution in [1.29, 1.82) is 0 Å². The van der Waals surface area contributed by atoms with Crippen molar-refractivity contribution in [2.45, 2.75) is 33.0 Å². The number of nitrogens with zero attached hydrogens (tertiary/aromatic N) is 1. The van der Waals surface area contributed by atoms with Gasteiger partial charge in [-0.3, -0.25) is 4.90 Å². The van der Waals surface area contributed by atoms with E-state index >= 15 is 0 Å². The highest BCUT2D eigenvalue weighted by atomic mass is 16.5. The molecule has 0 radical (unpaired) electrons. The monoisotopic (exact) mass is 339 g/mol. The van der Waals surface area contributed by atoms with Crippen molar-refractivity contribution in [1.82, 2.24) is 4.90 Å². The van der Waals surface area contributed by atoms with E-state index in [1.165, 1.54) is 5.56 Å². The molecule has 2 aromatic carbocycles. The van der Waals surface area contributed by atoms with Crippen LogP contribution in [0, 0.1) is 0 Å². The summed E-state index contributed by atoms with van der Waals surface area (Å²) in [4.78, 5) is 13.2. The number of carboxylic acid groups (broad SMARTS) is 1. The highest BCUT2D eigenvalue weighted by molar-refractivity contribution is 5.86. The maximum atomic E-state index is 10.8. The predicted molar refractivity (Wildman–Crippen MR) is 100 cm³/mol. The quantitative estimate of drug-likeness (QED) is 0.732. The maximum absolute atomic E-state index is 10.8. The van der Waals surface area contributed by atoms with E-state index in [-0.39, 0.29) is 0 Å². The molecule has 0 atom stereocenters. The fraction of sp³-hybridized carbons (Fsp3) is 0.286. The summed E-state index contributed by atoms with van der Waals surface area (Å²) in [7, 11) is 1.59. The topological polar surface area (TPSA) is 49.8 Å². The summed E-state index contributed by atoms with van der Waals surface area (Å²) in [5.74, 6) is -0.305. The summed E-state index contributed by atoms with van der Waals surface area (Å²) < 4.78 is 5.32. The zero-order chi connectivity index (χ0) is 18.2. The molecule has 0 aliphatic carbocycles. The average molecular weight is 339 g/mol. The Kier molecular flexibility index (Phi) is 6.78. The molecule has 0 aliphatic rings. The smallest absolute Gasteiger partial charge is 0.328 e. The first-order valence-corrected chi connectivity index (χ1v) is 8.35. The third kappa shape index (κ3) is 5.76. The van der Waals surface area contributed by atoms with Gasteiger partial charge in [-0.05, 0) is 43.2 Å². The molecule has 0 fully saturated rings. The van der Waals surface area contributed by atoms with Crippen LogP contribution in [0.1, 0.15) is 30.5 Å². The first kappa shape index (κ1) is 18.7. The van der Waals surface area contributed by atoms with Crippen LogP contribution in [0.5, 0.6) is 5.75 Å². The largest absolute Gasteiger partial charge is 0.496 e. The van der Waals surface area contributed by atoms with E-state index in [1.54, 1.807) is 13.2 Å². The van der Waals surface area contributed by atoms with Gasteiger partial charge in [0.2, 0.25) is 0 Å². The third-order valence-electron chi connectivity index (χ3n) is 4.04. The Bertz CT molecular complexity index is 723. The van der Waals surface area contributed by atoms with Gasteiger partial charge < -0.3 is 9.84 Å². The van der Waals surface area contributed by atoms with Crippen LogP contribution in [0.2, 0.25) is 0 Å². The van der Waals surface area contributed by atoms with Crippen LogP contribution in [0.4, 0.5) is 0 Å². The Morgan fingerprint density at radius 2 is 1.80 bits per heavy atom. The summed E-state index contributed by atoms with van der Waals surface area (Å²) in [5.41, 5.74) is 3.16. The number of hydrogen-bond acceptors (Lipinski definition) is 3. The zero-order valence-corrected chi connectivity index (χ0v) is 15.0. The van der Waals surface area contributed by atoms with Crippen LogP contribution in [0.25, 0.3) is 6.08 Å². The van der Waals surface area contributed by atoms with Crippen LogP contribution < -0.4 is 4.74 Å². The lowest BCUT2D eigenvalue weighted by atomic mass is 10.1. The molecule has 0 saturated heterocycles. The molecule has 0 aliphatic heterocycles. The van der Waals surface area contributed by atoms with Gasteiger partial charge in [-0.25, -0.2) is 4.79 Å². The van der Waals surface area contributed by atoms with Gasteiger partial charge in [-0.1, -0.05) is 36.4 Å². The molecule has 0 bridgehead atoms. The lowest BCUT2D eigenvalue weighted by Crippen LogP contribution is -2.29. The first-order chi connectivity index (χ1) is 12.0. The van der Waals surface area contributed by atoms with Crippen LogP contribution in [-0.2, 0) is 17.9 Å². The lowest BCUT2D eigenvalue weighted by Gasteiger charge is -2.27. The molecule has 0 spiro atoms. The molecule has 0 saturated carbocycles. The molecule has 25 heavy (non-hydrogen) atoms. The van der Waals surface area contributed by atoms with Crippen LogP contribution in [0.3, 0.4) is 0 Å². The standard InChI is InChI=1S/C21H25NO3/c1-16(2)22(14-17-7-5-4-6-8-17)15-18-9-11-20(25-3)19(13-18)10-12-21(23)24/h4-13,16H,14-15H2,1-3H3,(H,23,24)/b12-10+. The molecule has 2 aromatic rings. The van der Waals surface area contributed by atoms with Crippen molar-refractivity contribution < 1.29 is 14.6 Å². The minimum absolute atomic E-state index is 0.389. The van der Waals surface area contributed by atoms with E-state index in [9.17, 15) is 4.79 Å². The Labute approximate surface area is 149 Å². The van der Waals surface area contributed by atoms with Gasteiger partial charge in [0.25, 0.3) is 0 Å². The number of carboxylic acids is 1. The van der Waals surface area contributed by atoms with Gasteiger partial charge in [0, 0.05) is 30.8 Å². The first-order valence-electron chi connectivity index (χ1n) is 8.35. The van der Waals surface area contributed by atoms with Crippen LogP contribution in [-0.4, -0.2) is 29.1 Å². The summed E-state index contributed by atoms with van der Waals surface area (Å²) in [6.07, 6.45) is 2.70. The van der Waals surface area contributed by atoms with E-state index in [0.717, 1.165) is 30.3 Å². The number of aliphatic carboxylic acids is 1. The number of methoxy groups -OCH3 is 1. The van der Waals surface area contributed by atoms with E-state index in [0.29, 0.717) is 11.8 Å². The van der Waals surface area contributed by atoms with E-state index in [4.69, 9.17) is 9.84 Å². The molecule has 0 aromatic heterocycles. The van der Waals surface area contributed by atoms with Crippen LogP contribution >= 0.6 is 0 Å². The Balaban J connectivity index is 2.21. The molecule has 2 rings (SSSR count). The normalized spacial score (nSPS) is 11.4. The molecule has 4 nitrogen and oxygen atoms in total. The molecule has 132 valence electrons. The maximum Gasteiger partial charge on any atom is 0.328 e. The second-order valence-electron chi connectivity index (χ2n) is 6.23. The Hall–Kier alpha value is -2.59. The number of rotatable bonds is 8. The fourth-order valence-electron chi connectivity index (χ4n) is 2.65. The van der Waals surface area contributed by atoms with E-state index < -0.39 is 5.97 Å². The Morgan fingerprint density at radius 1 is 1.12 bits per heavy atom. The van der Waals surface area contributed by atoms with Gasteiger partial charge >= 0.3 is 5.97 Å². The number of ether oxygens (including phenoxy) is 1. The third-order valence-corrected chi connectivity index (χ3v) is 4.04. The second-order valence-corrected chi connectivity index (χ2v) is 6.23. The van der Waals surface area contributed by atoms with Gasteiger partial charge in [0.15, 0.2) is 0 Å². The second kappa shape index (κ2) is 9.04. The van der Waals surface area contributed by atoms with Gasteiger partial charge in [-0.15, -0.1) is 0 Å². The summed E-state index contributed by atoms with van der Waals surface area (Å²) in [6, 6.07) is 16.7. The van der Waals surface area contributed by atoms with Crippen LogP contribution in [0.15, 0.2) is 54.6 Å². The summed E-state index contributed by atoms with van der Waals surface area (Å²) in [6.45, 7) is 6.00. The molecule has 0 unspecified atom stereocenters. The van der Waals surface area contributed by atoms with Crippen molar-refractivity contribution in [3.63, 3.8) is 0 Å². The summed E-state index contributed by atoms with van der Waals surface area (Å²) >= 11 is 0. The zero-order valence-electron chi connectivity index (χ0n) is 15.0. The minimum atomic E-state index is -0.972. The molecule has 1 N–H and O–H groups in total. The van der Waals surface area contributed by atoms with Gasteiger partial charge in [0.05, 0.1) is 7.11 Å². The van der Waals surface area contributed by atoms with Crippen molar-refractivity contribution in [3.05, 3.63) is 71.3 Å². The SMILES string of the molecule is COc1ccc(CN(Cc2ccccc2)C(C)C)cc1/C=C/C(=O)O. The van der Waals surface area contributed by atoms with Gasteiger partial charge in [0.1, 0.15) is 5.75 Å². The molecule has 4 heteroatoms. The molecule has 0 amide bonds. The van der Waals surface area contributed by atoms with Crippen molar-refractivity contribution in [2.75, 3.05) is 7.11 Å². The number of hydrogen-bond donors (Lipinski definition) is 1. The van der Waals surface area contributed by atoms with Crippen molar-refractivity contribution >= 4 is 12.0 Å². The fourth-order valence-corrected chi connectivity index (χ4v) is 2.65. The van der Waals surface area contributed by atoms with E-state index in [1.807, 2.05) is 24.3 Å². The molecular weight excluding hydrogens is 314 g/mol. The molecule has 0 heterocycles. The lowest BCUT2D eigenvalue weighted by molar-refractivity contribution is -0.131.